The zero-order valence-corrected chi connectivity index (χ0v) is 8.84. The summed E-state index contributed by atoms with van der Waals surface area (Å²) in [5, 5.41) is 3.62. The second-order valence-electron chi connectivity index (χ2n) is 5.84. The largest absolute Gasteiger partial charge is 0.314 e. The van der Waals surface area contributed by atoms with E-state index in [9.17, 15) is 0 Å². The van der Waals surface area contributed by atoms with Crippen molar-refractivity contribution < 1.29 is 0 Å². The predicted molar refractivity (Wildman–Crippen MR) is 54.5 cm³/mol. The Morgan fingerprint density at radius 2 is 1.38 bits per heavy atom. The van der Waals surface area contributed by atoms with Crippen LogP contribution in [0.15, 0.2) is 0 Å². The van der Waals surface area contributed by atoms with E-state index in [0.717, 1.165) is 23.7 Å². The summed E-state index contributed by atoms with van der Waals surface area (Å²) in [6.07, 6.45) is 7.64. The first-order valence-electron chi connectivity index (χ1n) is 5.91. The first kappa shape index (κ1) is 8.28. The molecular formula is C12H21N. The highest BCUT2D eigenvalue weighted by Crippen LogP contribution is 2.57. The first-order valence-corrected chi connectivity index (χ1v) is 5.91. The summed E-state index contributed by atoms with van der Waals surface area (Å²) in [4.78, 5) is 0. The zero-order chi connectivity index (χ0) is 9.05. The van der Waals surface area contributed by atoms with Crippen LogP contribution in [0.4, 0.5) is 0 Å². The van der Waals surface area contributed by atoms with Crippen LogP contribution in [-0.4, -0.2) is 12.6 Å². The zero-order valence-electron chi connectivity index (χ0n) is 8.84. The van der Waals surface area contributed by atoms with Crippen molar-refractivity contribution in [3.05, 3.63) is 0 Å². The molecule has 13 heavy (non-hydrogen) atoms. The van der Waals surface area contributed by atoms with Crippen molar-refractivity contribution in [3.8, 4) is 0 Å². The number of hydrogen-bond acceptors (Lipinski definition) is 1. The van der Waals surface area contributed by atoms with Crippen LogP contribution in [0, 0.1) is 23.7 Å². The normalized spacial score (nSPS) is 58.6. The van der Waals surface area contributed by atoms with E-state index in [1.54, 1.807) is 6.42 Å². The monoisotopic (exact) mass is 179 g/mol. The van der Waals surface area contributed by atoms with Crippen molar-refractivity contribution in [3.63, 3.8) is 0 Å². The molecule has 0 aromatic carbocycles. The third kappa shape index (κ3) is 0.971. The Bertz CT molecular complexity index is 193. The fourth-order valence-electron chi connectivity index (χ4n) is 4.57. The van der Waals surface area contributed by atoms with Crippen molar-refractivity contribution in [2.45, 2.75) is 44.6 Å². The van der Waals surface area contributed by atoms with Crippen LogP contribution in [0.5, 0.6) is 0 Å². The molecule has 0 amide bonds. The van der Waals surface area contributed by atoms with Crippen molar-refractivity contribution in [2.24, 2.45) is 23.7 Å². The highest BCUT2D eigenvalue weighted by Gasteiger charge is 2.53. The Hall–Kier alpha value is -0.0400. The molecule has 0 saturated heterocycles. The summed E-state index contributed by atoms with van der Waals surface area (Å²) in [5.74, 6) is 4.19. The van der Waals surface area contributed by atoms with Crippen molar-refractivity contribution >= 4 is 0 Å². The molecular weight excluding hydrogens is 158 g/mol. The summed E-state index contributed by atoms with van der Waals surface area (Å²) in [5.41, 5.74) is 0.493. The molecule has 0 aromatic rings. The van der Waals surface area contributed by atoms with Gasteiger partial charge in [-0.05, 0) is 69.7 Å². The summed E-state index contributed by atoms with van der Waals surface area (Å²) in [6.45, 7) is 2.47. The molecule has 1 N–H and O–H groups in total. The number of hydrogen-bond donors (Lipinski definition) is 1. The molecule has 0 aromatic heterocycles. The van der Waals surface area contributed by atoms with Gasteiger partial charge in [0.2, 0.25) is 0 Å². The number of nitrogens with one attached hydrogen (secondary N) is 1. The molecule has 0 atom stereocenters. The van der Waals surface area contributed by atoms with Crippen LogP contribution in [0.3, 0.4) is 0 Å². The molecule has 0 spiro atoms. The highest BCUT2D eigenvalue weighted by atomic mass is 15.0. The SMILES string of the molecule is CNC1(C)C2CC3CC(C2)CC1C3. The van der Waals surface area contributed by atoms with E-state index in [0.29, 0.717) is 5.54 Å². The second-order valence-corrected chi connectivity index (χ2v) is 5.84. The standard InChI is InChI=1S/C12H21N/c1-12(13-2)10-4-8-3-9(6-10)7-11(12)5-8/h8-11,13H,3-7H2,1-2H3. The lowest BCUT2D eigenvalue weighted by Gasteiger charge is -2.60. The van der Waals surface area contributed by atoms with Gasteiger partial charge >= 0.3 is 0 Å². The smallest absolute Gasteiger partial charge is 0.0207 e. The van der Waals surface area contributed by atoms with Crippen LogP contribution in [0.2, 0.25) is 0 Å². The Morgan fingerprint density at radius 3 is 1.77 bits per heavy atom. The van der Waals surface area contributed by atoms with E-state index in [2.05, 4.69) is 19.3 Å². The van der Waals surface area contributed by atoms with Gasteiger partial charge in [0.05, 0.1) is 0 Å². The molecule has 1 heteroatoms. The molecule has 74 valence electrons. The van der Waals surface area contributed by atoms with Gasteiger partial charge in [-0.3, -0.25) is 0 Å². The van der Waals surface area contributed by atoms with Gasteiger partial charge in [0.25, 0.3) is 0 Å². The van der Waals surface area contributed by atoms with E-state index in [1.807, 2.05) is 0 Å². The highest BCUT2D eigenvalue weighted by molar-refractivity contribution is 5.08. The third-order valence-electron chi connectivity index (χ3n) is 5.37. The van der Waals surface area contributed by atoms with E-state index in [1.165, 1.54) is 25.7 Å². The lowest BCUT2D eigenvalue weighted by molar-refractivity contribution is -0.0614. The third-order valence-corrected chi connectivity index (χ3v) is 5.37. The maximum Gasteiger partial charge on any atom is 0.0207 e. The van der Waals surface area contributed by atoms with Crippen LogP contribution in [0.1, 0.15) is 39.0 Å². The van der Waals surface area contributed by atoms with Gasteiger partial charge in [-0.1, -0.05) is 0 Å². The van der Waals surface area contributed by atoms with Gasteiger partial charge < -0.3 is 5.32 Å². The minimum absolute atomic E-state index is 0.493. The minimum Gasteiger partial charge on any atom is -0.314 e. The van der Waals surface area contributed by atoms with Crippen LogP contribution in [-0.2, 0) is 0 Å². The van der Waals surface area contributed by atoms with E-state index in [-0.39, 0.29) is 0 Å². The summed E-state index contributed by atoms with van der Waals surface area (Å²) in [6, 6.07) is 0. The topological polar surface area (TPSA) is 12.0 Å². The fourth-order valence-corrected chi connectivity index (χ4v) is 4.57. The van der Waals surface area contributed by atoms with Gasteiger partial charge in [-0.2, -0.15) is 0 Å². The van der Waals surface area contributed by atoms with Gasteiger partial charge in [0.15, 0.2) is 0 Å². The van der Waals surface area contributed by atoms with E-state index in [4.69, 9.17) is 0 Å². The van der Waals surface area contributed by atoms with Gasteiger partial charge in [-0.25, -0.2) is 0 Å². The fraction of sp³-hybridized carbons (Fsp3) is 1.00. The molecule has 0 heterocycles. The molecule has 0 aliphatic heterocycles. The summed E-state index contributed by atoms with van der Waals surface area (Å²) < 4.78 is 0. The molecule has 1 nitrogen and oxygen atoms in total. The molecule has 4 rings (SSSR count). The number of rotatable bonds is 1. The molecule has 4 aliphatic carbocycles. The Labute approximate surface area is 81.3 Å². The average Bonchev–Trinajstić information content (AvgIpc) is 2.13. The van der Waals surface area contributed by atoms with Crippen LogP contribution < -0.4 is 5.32 Å². The van der Waals surface area contributed by atoms with Gasteiger partial charge in [0, 0.05) is 5.54 Å². The molecule has 0 unspecified atom stereocenters. The lowest BCUT2D eigenvalue weighted by atomic mass is 9.49. The maximum atomic E-state index is 3.62. The Kier molecular flexibility index (Phi) is 1.59. The summed E-state index contributed by atoms with van der Waals surface area (Å²) in [7, 11) is 2.17. The van der Waals surface area contributed by atoms with Crippen molar-refractivity contribution in [2.75, 3.05) is 7.05 Å². The Balaban J connectivity index is 1.93. The van der Waals surface area contributed by atoms with E-state index >= 15 is 0 Å². The first-order chi connectivity index (χ1) is 6.22. The molecule has 0 radical (unpaired) electrons. The molecule has 4 bridgehead atoms. The molecule has 4 saturated carbocycles. The minimum atomic E-state index is 0.493. The quantitative estimate of drug-likeness (QED) is 0.652. The molecule has 4 fully saturated rings. The summed E-state index contributed by atoms with van der Waals surface area (Å²) >= 11 is 0. The molecule has 4 aliphatic rings. The van der Waals surface area contributed by atoms with Gasteiger partial charge in [-0.15, -0.1) is 0 Å². The second kappa shape index (κ2) is 2.50. The van der Waals surface area contributed by atoms with Crippen LogP contribution in [0.25, 0.3) is 0 Å². The predicted octanol–water partition coefficient (Wildman–Crippen LogP) is 2.42. The van der Waals surface area contributed by atoms with Crippen LogP contribution >= 0.6 is 0 Å². The van der Waals surface area contributed by atoms with Crippen molar-refractivity contribution in [1.82, 2.24) is 5.32 Å². The maximum absolute atomic E-state index is 3.62. The van der Waals surface area contributed by atoms with E-state index < -0.39 is 0 Å². The Morgan fingerprint density at radius 1 is 0.923 bits per heavy atom. The van der Waals surface area contributed by atoms with Crippen molar-refractivity contribution in [1.29, 1.82) is 0 Å². The lowest BCUT2D eigenvalue weighted by Crippen LogP contribution is -2.62. The average molecular weight is 179 g/mol. The van der Waals surface area contributed by atoms with Gasteiger partial charge in [0.1, 0.15) is 0 Å².